The third-order valence-electron chi connectivity index (χ3n) is 9.65. The van der Waals surface area contributed by atoms with Crippen molar-refractivity contribution in [3.63, 3.8) is 0 Å². The Balaban J connectivity index is 1.67. The van der Waals surface area contributed by atoms with Gasteiger partial charge in [0.25, 0.3) is 0 Å². The minimum Gasteiger partial charge on any atom is -0.494 e. The van der Waals surface area contributed by atoms with Gasteiger partial charge in [-0.05, 0) is 107 Å². The topological polar surface area (TPSA) is 51.2 Å². The van der Waals surface area contributed by atoms with Crippen LogP contribution in [0.2, 0.25) is 20.1 Å². The van der Waals surface area contributed by atoms with Crippen LogP contribution in [0.4, 0.5) is 11.4 Å². The summed E-state index contributed by atoms with van der Waals surface area (Å²) >= 11 is 39.2. The lowest BCUT2D eigenvalue weighted by Gasteiger charge is -2.27. The van der Waals surface area contributed by atoms with Gasteiger partial charge in [0.15, 0.2) is 5.60 Å². The molecular formula is C46H42Cl6N2O4. The molecule has 5 aromatic carbocycles. The quantitative estimate of drug-likeness (QED) is 0.0323. The summed E-state index contributed by atoms with van der Waals surface area (Å²) in [5, 5.41) is -0.0472. The van der Waals surface area contributed by atoms with Crippen molar-refractivity contribution in [1.82, 2.24) is 0 Å². The van der Waals surface area contributed by atoms with Crippen molar-refractivity contribution < 1.29 is 19.0 Å². The maximum absolute atomic E-state index is 14.2. The standard InChI is InChI=1S/C46H42Cl6N2O4/c1-53(2)33-15-7-29(8-16-33)37(31-11-19-35(20-12-31)56-25-5-23-47)27-46(40-39(45(55)58-46)41(49)43(51)44(52)42(40)50)28-38(30-9-17-34(18-10-30)54(3)4)32-13-21-36(22-14-32)57-26-6-24-48/h7-22,27-28H,5-6,23-26H2,1-4H3. The van der Waals surface area contributed by atoms with Crippen LogP contribution in [0, 0.1) is 0 Å². The molecule has 0 saturated heterocycles. The fourth-order valence-electron chi connectivity index (χ4n) is 6.62. The van der Waals surface area contributed by atoms with Crippen molar-refractivity contribution in [2.75, 3.05) is 63.0 Å². The van der Waals surface area contributed by atoms with Gasteiger partial charge >= 0.3 is 5.97 Å². The van der Waals surface area contributed by atoms with Gasteiger partial charge in [-0.3, -0.25) is 0 Å². The number of benzene rings is 5. The Labute approximate surface area is 370 Å². The first-order valence-corrected chi connectivity index (χ1v) is 21.1. The molecule has 0 aliphatic carbocycles. The summed E-state index contributed by atoms with van der Waals surface area (Å²) in [5.74, 6) is 1.68. The number of hydrogen-bond acceptors (Lipinski definition) is 6. The molecule has 12 heteroatoms. The number of fused-ring (bicyclic) bond motifs is 1. The van der Waals surface area contributed by atoms with Crippen molar-refractivity contribution in [1.29, 1.82) is 0 Å². The summed E-state index contributed by atoms with van der Waals surface area (Å²) in [7, 11) is 7.93. The van der Waals surface area contributed by atoms with E-state index in [9.17, 15) is 4.79 Å². The fraction of sp³-hybridized carbons (Fsp3) is 0.239. The van der Waals surface area contributed by atoms with Crippen molar-refractivity contribution in [3.8, 4) is 11.5 Å². The summed E-state index contributed by atoms with van der Waals surface area (Å²) in [6.45, 7) is 0.971. The smallest absolute Gasteiger partial charge is 0.341 e. The number of esters is 1. The molecule has 6 rings (SSSR count). The second-order valence-electron chi connectivity index (χ2n) is 14.0. The highest BCUT2D eigenvalue weighted by molar-refractivity contribution is 6.53. The largest absolute Gasteiger partial charge is 0.494 e. The van der Waals surface area contributed by atoms with Gasteiger partial charge < -0.3 is 24.0 Å². The van der Waals surface area contributed by atoms with Crippen molar-refractivity contribution >= 4 is 98.1 Å². The monoisotopic (exact) mass is 896 g/mol. The van der Waals surface area contributed by atoms with Gasteiger partial charge in [-0.1, -0.05) is 94.9 Å². The van der Waals surface area contributed by atoms with Gasteiger partial charge in [-0.2, -0.15) is 0 Å². The Morgan fingerprint density at radius 1 is 0.569 bits per heavy atom. The van der Waals surface area contributed by atoms with E-state index in [0.29, 0.717) is 49.3 Å². The number of halogens is 6. The molecule has 58 heavy (non-hydrogen) atoms. The average molecular weight is 900 g/mol. The normalized spacial score (nSPS) is 15.2. The predicted molar refractivity (Wildman–Crippen MR) is 244 cm³/mol. The molecule has 0 bridgehead atoms. The van der Waals surface area contributed by atoms with E-state index >= 15 is 0 Å². The van der Waals surface area contributed by atoms with Crippen LogP contribution in [0.1, 0.15) is 51.0 Å². The summed E-state index contributed by atoms with van der Waals surface area (Å²) < 4.78 is 18.5. The van der Waals surface area contributed by atoms with Gasteiger partial charge in [0.2, 0.25) is 0 Å². The number of hydrogen-bond donors (Lipinski definition) is 0. The van der Waals surface area contributed by atoms with Crippen LogP contribution in [-0.2, 0) is 10.3 Å². The number of ether oxygens (including phenoxy) is 3. The average Bonchev–Trinajstić information content (AvgIpc) is 3.52. The molecule has 5 aromatic rings. The van der Waals surface area contributed by atoms with Crippen LogP contribution in [0.15, 0.2) is 109 Å². The van der Waals surface area contributed by atoms with Crippen LogP contribution in [0.25, 0.3) is 11.1 Å². The molecule has 302 valence electrons. The third-order valence-corrected chi connectivity index (χ3v) is 12.0. The highest BCUT2D eigenvalue weighted by Gasteiger charge is 2.48. The molecule has 0 amide bonds. The molecule has 0 N–H and O–H groups in total. The van der Waals surface area contributed by atoms with Gasteiger partial charge in [0.1, 0.15) is 11.5 Å². The number of nitrogens with zero attached hydrogens (tertiary/aromatic N) is 2. The van der Waals surface area contributed by atoms with Crippen LogP contribution in [0.5, 0.6) is 11.5 Å². The molecule has 0 aromatic heterocycles. The first-order chi connectivity index (χ1) is 27.9. The summed E-state index contributed by atoms with van der Waals surface area (Å²) in [6.07, 6.45) is 5.22. The van der Waals surface area contributed by atoms with E-state index in [4.69, 9.17) is 83.8 Å². The highest BCUT2D eigenvalue weighted by atomic mass is 35.5. The maximum atomic E-state index is 14.2. The number of alkyl halides is 2. The lowest BCUT2D eigenvalue weighted by atomic mass is 9.83. The van der Waals surface area contributed by atoms with E-state index in [1.807, 2.05) is 147 Å². The first kappa shape index (κ1) is 43.6. The Morgan fingerprint density at radius 2 is 0.931 bits per heavy atom. The lowest BCUT2D eigenvalue weighted by Crippen LogP contribution is -2.23. The predicted octanol–water partition coefficient (Wildman–Crippen LogP) is 13.1. The van der Waals surface area contributed by atoms with Gasteiger partial charge in [0, 0.05) is 56.9 Å². The maximum Gasteiger partial charge on any atom is 0.341 e. The van der Waals surface area contributed by atoms with Crippen molar-refractivity contribution in [2.24, 2.45) is 0 Å². The Morgan fingerprint density at radius 3 is 1.29 bits per heavy atom. The lowest BCUT2D eigenvalue weighted by molar-refractivity contribution is 0.0300. The van der Waals surface area contributed by atoms with E-state index in [0.717, 1.165) is 44.8 Å². The molecular weight excluding hydrogens is 857 g/mol. The van der Waals surface area contributed by atoms with E-state index < -0.39 is 11.6 Å². The second kappa shape index (κ2) is 19.4. The zero-order valence-corrected chi connectivity index (χ0v) is 37.0. The Hall–Kier alpha value is -4.01. The van der Waals surface area contributed by atoms with Gasteiger partial charge in [-0.15, -0.1) is 23.2 Å². The van der Waals surface area contributed by atoms with Crippen LogP contribution < -0.4 is 19.3 Å². The SMILES string of the molecule is CN(C)c1ccc(C(=CC2(C=C(c3ccc(OCCCCl)cc3)c3ccc(N(C)C)cc3)OC(=O)c3c(Cl)c(Cl)c(Cl)c(Cl)c32)c2ccc(OCCCCl)cc2)cc1. The molecule has 1 aliphatic rings. The highest BCUT2D eigenvalue weighted by Crippen LogP contribution is 2.53. The van der Waals surface area contributed by atoms with Crippen molar-refractivity contribution in [2.45, 2.75) is 18.4 Å². The van der Waals surface area contributed by atoms with Gasteiger partial charge in [0.05, 0.1) is 38.9 Å². The number of cyclic esters (lactones) is 1. The third kappa shape index (κ3) is 9.55. The zero-order valence-electron chi connectivity index (χ0n) is 32.4. The molecule has 0 fully saturated rings. The van der Waals surface area contributed by atoms with E-state index in [1.54, 1.807) is 0 Å². The summed E-state index contributed by atoms with van der Waals surface area (Å²) in [4.78, 5) is 18.3. The van der Waals surface area contributed by atoms with Crippen LogP contribution >= 0.6 is 69.6 Å². The molecule has 0 atom stereocenters. The number of anilines is 2. The van der Waals surface area contributed by atoms with Crippen LogP contribution in [0.3, 0.4) is 0 Å². The molecule has 0 saturated carbocycles. The van der Waals surface area contributed by atoms with E-state index in [1.165, 1.54) is 0 Å². The zero-order chi connectivity index (χ0) is 41.6. The first-order valence-electron chi connectivity index (χ1n) is 18.6. The minimum atomic E-state index is -1.67. The fourth-order valence-corrected chi connectivity index (χ4v) is 7.91. The minimum absolute atomic E-state index is 0.00206. The van der Waals surface area contributed by atoms with Gasteiger partial charge in [-0.25, -0.2) is 4.79 Å². The molecule has 6 nitrogen and oxygen atoms in total. The number of carbonyl (C=O) groups is 1. The molecule has 1 aliphatic heterocycles. The Kier molecular flexibility index (Phi) is 14.5. The number of rotatable bonds is 16. The second-order valence-corrected chi connectivity index (χ2v) is 16.3. The van der Waals surface area contributed by atoms with Crippen LogP contribution in [-0.4, -0.2) is 59.1 Å². The summed E-state index contributed by atoms with van der Waals surface area (Å²) in [6, 6.07) is 31.6. The number of carbonyl (C=O) groups excluding carboxylic acids is 1. The van der Waals surface area contributed by atoms with E-state index in [-0.39, 0.29) is 31.2 Å². The van der Waals surface area contributed by atoms with E-state index in [2.05, 4.69) is 0 Å². The Bertz CT molecular complexity index is 2170. The van der Waals surface area contributed by atoms with Crippen molar-refractivity contribution in [3.05, 3.63) is 163 Å². The molecule has 1 heterocycles. The molecule has 0 radical (unpaired) electrons. The summed E-state index contributed by atoms with van der Waals surface area (Å²) in [5.41, 5.74) is 5.44. The molecule has 0 spiro atoms. The molecule has 0 unspecified atom stereocenters.